The molecule has 2 aliphatic rings. The Morgan fingerprint density at radius 2 is 0.738 bits per heavy atom. The number of aromatic nitrogens is 2. The van der Waals surface area contributed by atoms with E-state index in [0.29, 0.717) is 5.95 Å². The Hall–Kier alpha value is -11.0. The lowest BCUT2D eigenvalue weighted by atomic mass is 9.97. The zero-order valence-corrected chi connectivity index (χ0v) is 42.9. The van der Waals surface area contributed by atoms with Gasteiger partial charge in [0.05, 0.1) is 51.0 Å². The highest BCUT2D eigenvalue weighted by Crippen LogP contribution is 2.59. The van der Waals surface area contributed by atoms with E-state index in [4.69, 9.17) is 18.8 Å². The van der Waals surface area contributed by atoms with E-state index < -0.39 is 0 Å². The van der Waals surface area contributed by atoms with E-state index in [1.54, 1.807) is 0 Å². The predicted octanol–water partition coefficient (Wildman–Crippen LogP) is 20.5. The molecule has 0 spiro atoms. The molecular weight excluding hydrogens is 981 g/mol. The van der Waals surface area contributed by atoms with Crippen LogP contribution in [0.2, 0.25) is 0 Å². The molecule has 3 aromatic heterocycles. The monoisotopic (exact) mass is 1020 g/mol. The van der Waals surface area contributed by atoms with Gasteiger partial charge in [0.25, 0.3) is 0 Å². The Bertz CT molecular complexity index is 5240. The molecule has 0 fully saturated rings. The summed E-state index contributed by atoms with van der Waals surface area (Å²) in [6.45, 7) is 0. The molecule has 16 aromatic rings. The Morgan fingerprint density at radius 3 is 1.34 bits per heavy atom. The van der Waals surface area contributed by atoms with Gasteiger partial charge in [-0.25, -0.2) is 9.97 Å². The number of benzene rings is 13. The molecule has 13 aromatic carbocycles. The average molecular weight is 1030 g/mol. The normalized spacial score (nSPS) is 12.8. The van der Waals surface area contributed by atoms with Crippen molar-refractivity contribution in [1.82, 2.24) is 9.97 Å². The zero-order chi connectivity index (χ0) is 52.4. The number of hydrogen-bond donors (Lipinski definition) is 1. The molecule has 2 aliphatic heterocycles. The minimum atomic E-state index is 0.638. The summed E-state index contributed by atoms with van der Waals surface area (Å²) in [7, 11) is 0. The first kappa shape index (κ1) is 44.2. The van der Waals surface area contributed by atoms with E-state index in [1.807, 2.05) is 48.7 Å². The van der Waals surface area contributed by atoms with Gasteiger partial charge < -0.3 is 24.0 Å². The summed E-state index contributed by atoms with van der Waals surface area (Å²) in [5, 5.41) is 18.7. The number of fused-ring (bicyclic) bond motifs is 19. The molecule has 374 valence electrons. The van der Waals surface area contributed by atoms with Crippen LogP contribution in [0, 0.1) is 0 Å². The van der Waals surface area contributed by atoms with Crippen LogP contribution in [0.1, 0.15) is 0 Å². The van der Waals surface area contributed by atoms with Crippen molar-refractivity contribution in [2.75, 3.05) is 20.0 Å². The van der Waals surface area contributed by atoms with Crippen molar-refractivity contribution in [2.24, 2.45) is 0 Å². The Balaban J connectivity index is 0.000000132. The highest BCUT2D eigenvalue weighted by molar-refractivity contribution is 6.19. The van der Waals surface area contributed by atoms with Crippen molar-refractivity contribution in [3.8, 4) is 0 Å². The first-order chi connectivity index (χ1) is 39.7. The fraction of sp³-hybridized carbons (Fsp3) is 0. The lowest BCUT2D eigenvalue weighted by Gasteiger charge is -2.40. The van der Waals surface area contributed by atoms with Gasteiger partial charge in [-0.2, -0.15) is 0 Å². The predicted molar refractivity (Wildman–Crippen MR) is 331 cm³/mol. The van der Waals surface area contributed by atoms with Crippen LogP contribution in [0.4, 0.5) is 62.8 Å². The molecule has 80 heavy (non-hydrogen) atoms. The van der Waals surface area contributed by atoms with Crippen molar-refractivity contribution >= 4 is 161 Å². The number of hydrogen-bond acceptors (Lipinski definition) is 8. The molecule has 8 heteroatoms. The van der Waals surface area contributed by atoms with E-state index >= 15 is 0 Å². The summed E-state index contributed by atoms with van der Waals surface area (Å²) in [6.07, 6.45) is 1.92. The van der Waals surface area contributed by atoms with Gasteiger partial charge in [-0.15, -0.1) is 0 Å². The number of furan rings is 2. The second-order valence-corrected chi connectivity index (χ2v) is 20.6. The molecule has 18 rings (SSSR count). The number of anilines is 11. The minimum Gasteiger partial charge on any atom is -0.456 e. The zero-order valence-electron chi connectivity index (χ0n) is 42.9. The molecule has 0 radical (unpaired) electrons. The van der Waals surface area contributed by atoms with Gasteiger partial charge in [0.2, 0.25) is 5.95 Å². The number of nitrogens with zero attached hydrogens (tertiary/aromatic N) is 5. The van der Waals surface area contributed by atoms with Crippen molar-refractivity contribution in [3.05, 3.63) is 261 Å². The molecule has 0 saturated carbocycles. The fourth-order valence-electron chi connectivity index (χ4n) is 12.5. The van der Waals surface area contributed by atoms with Crippen LogP contribution in [0.15, 0.2) is 270 Å². The Morgan fingerprint density at radius 1 is 0.312 bits per heavy atom. The smallest absolute Gasteiger partial charge is 0.235 e. The molecule has 0 amide bonds. The number of rotatable bonds is 3. The second kappa shape index (κ2) is 17.3. The third-order valence-electron chi connectivity index (χ3n) is 16.1. The summed E-state index contributed by atoms with van der Waals surface area (Å²) < 4.78 is 12.4. The lowest BCUT2D eigenvalue weighted by molar-refractivity contribution is 0.668. The van der Waals surface area contributed by atoms with Crippen LogP contribution >= 0.6 is 0 Å². The third-order valence-corrected chi connectivity index (χ3v) is 16.1. The van der Waals surface area contributed by atoms with Crippen molar-refractivity contribution < 1.29 is 8.83 Å². The molecule has 1 N–H and O–H groups in total. The fourth-order valence-corrected chi connectivity index (χ4v) is 12.5. The summed E-state index contributed by atoms with van der Waals surface area (Å²) >= 11 is 0. The van der Waals surface area contributed by atoms with Crippen LogP contribution < -0.4 is 20.0 Å². The first-order valence-corrected chi connectivity index (χ1v) is 27.0. The van der Waals surface area contributed by atoms with Gasteiger partial charge in [-0.1, -0.05) is 176 Å². The van der Waals surface area contributed by atoms with E-state index in [1.165, 1.54) is 26.9 Å². The van der Waals surface area contributed by atoms with E-state index in [9.17, 15) is 0 Å². The van der Waals surface area contributed by atoms with Gasteiger partial charge in [0, 0.05) is 66.0 Å². The quantitative estimate of drug-likeness (QED) is 0.188. The highest BCUT2D eigenvalue weighted by Gasteiger charge is 2.35. The summed E-state index contributed by atoms with van der Waals surface area (Å²) in [4.78, 5) is 17.1. The molecule has 0 atom stereocenters. The molecule has 0 unspecified atom stereocenters. The van der Waals surface area contributed by atoms with Crippen molar-refractivity contribution in [3.63, 3.8) is 0 Å². The molecule has 0 saturated heterocycles. The molecule has 0 bridgehead atoms. The lowest BCUT2D eigenvalue weighted by Crippen LogP contribution is -2.25. The molecule has 0 aliphatic carbocycles. The van der Waals surface area contributed by atoms with Crippen molar-refractivity contribution in [1.29, 1.82) is 0 Å². The number of para-hydroxylation sites is 3. The van der Waals surface area contributed by atoms with Gasteiger partial charge in [-0.05, 0) is 100 Å². The van der Waals surface area contributed by atoms with Crippen LogP contribution in [0.3, 0.4) is 0 Å². The summed E-state index contributed by atoms with van der Waals surface area (Å²) in [5.41, 5.74) is 15.4. The maximum Gasteiger partial charge on any atom is 0.235 e. The standard InChI is InChI=1S/C40H24N4O.C32H20N2O/c1-4-12-29-25(9-1)18-21-35-38(29)43(28-19-22-37-32(23-28)31-14-6-8-16-36(31)45-37)34-20-17-26-10-2-5-13-30(26)39(34)44(35)40-41-24-27-11-3-7-15-33(27)42-40;1-3-9-23-20(7-1)14-17-28-31(23)33-27-16-13-21-8-2-4-10-24(21)32(27)34(28)22-15-18-30-26(19-22)25-11-5-6-12-29(25)35-30/h1-24H;1-19,33H. The Kier molecular flexibility index (Phi) is 9.54. The summed E-state index contributed by atoms with van der Waals surface area (Å²) in [5.74, 6) is 0.638. The SMILES string of the molecule is c1ccc2c3c(ccc2c1)N(c1ccc2oc4ccccc4c2c1)c1c(ccc2ccccc12)N3.c1ccc2nc(N3c4ccc5ccccc5c4N(c4ccc5oc6ccccc6c5c4)c4ccc5ccccc5c43)ncc2c1. The second-order valence-electron chi connectivity index (χ2n) is 20.6. The molecule has 5 heterocycles. The van der Waals surface area contributed by atoms with Crippen LogP contribution in [-0.4, -0.2) is 9.97 Å². The minimum absolute atomic E-state index is 0.638. The number of nitrogens with one attached hydrogen (secondary N) is 1. The highest BCUT2D eigenvalue weighted by atomic mass is 16.3. The van der Waals surface area contributed by atoms with Crippen molar-refractivity contribution in [2.45, 2.75) is 0 Å². The van der Waals surface area contributed by atoms with Gasteiger partial charge in [-0.3, -0.25) is 4.90 Å². The van der Waals surface area contributed by atoms with Crippen LogP contribution in [-0.2, 0) is 0 Å². The maximum absolute atomic E-state index is 6.23. The van der Waals surface area contributed by atoms with E-state index in [-0.39, 0.29) is 0 Å². The first-order valence-electron chi connectivity index (χ1n) is 27.0. The van der Waals surface area contributed by atoms with Gasteiger partial charge in [0.15, 0.2) is 0 Å². The summed E-state index contributed by atoms with van der Waals surface area (Å²) in [6, 6.07) is 89.7. The van der Waals surface area contributed by atoms with E-state index in [2.05, 4.69) is 232 Å². The van der Waals surface area contributed by atoms with E-state index in [0.717, 1.165) is 128 Å². The molecule has 8 nitrogen and oxygen atoms in total. The van der Waals surface area contributed by atoms with Crippen LogP contribution in [0.25, 0.3) is 97.9 Å². The maximum atomic E-state index is 6.23. The third kappa shape index (κ3) is 6.69. The Labute approximate surface area is 458 Å². The largest absolute Gasteiger partial charge is 0.456 e. The van der Waals surface area contributed by atoms with Gasteiger partial charge in [0.1, 0.15) is 22.3 Å². The van der Waals surface area contributed by atoms with Crippen LogP contribution in [0.5, 0.6) is 0 Å². The van der Waals surface area contributed by atoms with Gasteiger partial charge >= 0.3 is 0 Å². The topological polar surface area (TPSA) is 73.8 Å². The average Bonchev–Trinajstić information content (AvgIpc) is 4.10. The molecular formula is C72H44N6O2.